The van der Waals surface area contributed by atoms with E-state index in [4.69, 9.17) is 9.47 Å². The van der Waals surface area contributed by atoms with Crippen LogP contribution in [0.1, 0.15) is 37.8 Å². The number of para-hydroxylation sites is 1. The zero-order valence-electron chi connectivity index (χ0n) is 18.0. The number of sulfone groups is 1. The number of hydrogen-bond donors (Lipinski definition) is 0. The summed E-state index contributed by atoms with van der Waals surface area (Å²) >= 11 is 0. The van der Waals surface area contributed by atoms with Crippen molar-refractivity contribution in [1.29, 1.82) is 0 Å². The molecule has 3 rings (SSSR count). The van der Waals surface area contributed by atoms with Crippen LogP contribution in [0.25, 0.3) is 0 Å². The van der Waals surface area contributed by atoms with Crippen LogP contribution in [0.5, 0.6) is 5.75 Å². The normalized spacial score (nSPS) is 15.2. The Labute approximate surface area is 179 Å². The van der Waals surface area contributed by atoms with Gasteiger partial charge in [0.15, 0.2) is 0 Å². The Morgan fingerprint density at radius 2 is 1.90 bits per heavy atom. The van der Waals surface area contributed by atoms with Crippen molar-refractivity contribution < 1.29 is 17.9 Å². The summed E-state index contributed by atoms with van der Waals surface area (Å²) in [5, 5.41) is -0.0830. The van der Waals surface area contributed by atoms with Crippen LogP contribution in [0, 0.1) is 0 Å². The van der Waals surface area contributed by atoms with Crippen molar-refractivity contribution in [3.8, 4) is 5.75 Å². The van der Waals surface area contributed by atoms with Gasteiger partial charge in [-0.3, -0.25) is 4.90 Å². The lowest BCUT2D eigenvalue weighted by Crippen LogP contribution is -2.27. The minimum atomic E-state index is -3.41. The van der Waals surface area contributed by atoms with Gasteiger partial charge in [-0.25, -0.2) is 13.4 Å². The van der Waals surface area contributed by atoms with Gasteiger partial charge in [-0.15, -0.1) is 0 Å². The van der Waals surface area contributed by atoms with Gasteiger partial charge in [-0.1, -0.05) is 31.0 Å². The number of methoxy groups -OCH3 is 1. The molecule has 1 saturated carbocycles. The molecule has 0 atom stereocenters. The molecule has 0 unspecified atom stereocenters. The first-order chi connectivity index (χ1) is 14.5. The maximum absolute atomic E-state index is 13.2. The fraction of sp³-hybridized carbons (Fsp3) is 0.591. The quantitative estimate of drug-likeness (QED) is 0.477. The molecule has 1 aliphatic rings. The van der Waals surface area contributed by atoms with Crippen molar-refractivity contribution in [3.63, 3.8) is 0 Å². The van der Waals surface area contributed by atoms with Crippen LogP contribution in [-0.4, -0.2) is 62.0 Å². The Hall–Kier alpha value is -1.90. The molecule has 1 aliphatic carbocycles. The molecule has 1 aromatic heterocycles. The maximum atomic E-state index is 13.2. The van der Waals surface area contributed by atoms with E-state index in [2.05, 4.69) is 9.88 Å². The first kappa shape index (κ1) is 22.8. The van der Waals surface area contributed by atoms with Crippen molar-refractivity contribution in [2.45, 2.75) is 55.6 Å². The zero-order chi connectivity index (χ0) is 21.4. The summed E-state index contributed by atoms with van der Waals surface area (Å²) in [6.07, 6.45) is 5.88. The summed E-state index contributed by atoms with van der Waals surface area (Å²) in [6.45, 7) is 3.06. The topological polar surface area (TPSA) is 73.7 Å². The fourth-order valence-electron chi connectivity index (χ4n) is 3.89. The van der Waals surface area contributed by atoms with Gasteiger partial charge in [0.2, 0.25) is 15.0 Å². The predicted molar refractivity (Wildman–Crippen MR) is 116 cm³/mol. The number of hydrogen-bond acceptors (Lipinski definition) is 6. The Kier molecular flexibility index (Phi) is 8.30. The van der Waals surface area contributed by atoms with Crippen LogP contribution >= 0.6 is 0 Å². The average Bonchev–Trinajstić information content (AvgIpc) is 3.40. The molecule has 7 nitrogen and oxygen atoms in total. The lowest BCUT2D eigenvalue weighted by atomic mass is 10.3. The number of nitrogens with zero attached hydrogens (tertiary/aromatic N) is 3. The van der Waals surface area contributed by atoms with Gasteiger partial charge in [-0.05, 0) is 38.4 Å². The minimum Gasteiger partial charge on any atom is -0.492 e. The summed E-state index contributed by atoms with van der Waals surface area (Å²) < 4.78 is 39.2. The van der Waals surface area contributed by atoms with Gasteiger partial charge in [0.25, 0.3) is 0 Å². The van der Waals surface area contributed by atoms with E-state index in [-0.39, 0.29) is 10.4 Å². The second kappa shape index (κ2) is 10.9. The lowest BCUT2D eigenvalue weighted by Gasteiger charge is -2.19. The van der Waals surface area contributed by atoms with Crippen molar-refractivity contribution in [2.24, 2.45) is 0 Å². The monoisotopic (exact) mass is 435 g/mol. The van der Waals surface area contributed by atoms with Gasteiger partial charge in [0.05, 0.1) is 17.1 Å². The highest BCUT2D eigenvalue weighted by molar-refractivity contribution is 7.91. The van der Waals surface area contributed by atoms with Crippen LogP contribution in [0.15, 0.2) is 41.7 Å². The van der Waals surface area contributed by atoms with Crippen LogP contribution in [0.4, 0.5) is 0 Å². The van der Waals surface area contributed by atoms with Crippen molar-refractivity contribution in [2.75, 3.05) is 33.9 Å². The number of rotatable bonds is 12. The third-order valence-electron chi connectivity index (χ3n) is 5.54. The highest BCUT2D eigenvalue weighted by atomic mass is 32.2. The Morgan fingerprint density at radius 1 is 1.17 bits per heavy atom. The number of ether oxygens (including phenoxy) is 2. The van der Waals surface area contributed by atoms with Crippen LogP contribution in [0.2, 0.25) is 0 Å². The number of imidazole rings is 1. The third-order valence-corrected chi connectivity index (χ3v) is 7.73. The van der Waals surface area contributed by atoms with Crippen LogP contribution in [-0.2, 0) is 27.7 Å². The van der Waals surface area contributed by atoms with E-state index < -0.39 is 9.84 Å². The van der Waals surface area contributed by atoms with Gasteiger partial charge in [0.1, 0.15) is 12.4 Å². The third kappa shape index (κ3) is 5.83. The van der Waals surface area contributed by atoms with E-state index in [0.29, 0.717) is 26.3 Å². The van der Waals surface area contributed by atoms with Crippen molar-refractivity contribution in [3.05, 3.63) is 42.2 Å². The molecule has 0 bridgehead atoms. The maximum Gasteiger partial charge on any atom is 0.228 e. The van der Waals surface area contributed by atoms with Gasteiger partial charge in [0, 0.05) is 33.4 Å². The van der Waals surface area contributed by atoms with Gasteiger partial charge >= 0.3 is 0 Å². The summed E-state index contributed by atoms with van der Waals surface area (Å²) in [6, 6.07) is 9.73. The smallest absolute Gasteiger partial charge is 0.228 e. The molecule has 1 fully saturated rings. The molecular formula is C22H33N3O4S. The molecule has 0 amide bonds. The van der Waals surface area contributed by atoms with Crippen molar-refractivity contribution >= 4 is 9.84 Å². The molecule has 1 aromatic carbocycles. The number of aromatic nitrogens is 2. The molecule has 0 radical (unpaired) electrons. The lowest BCUT2D eigenvalue weighted by molar-refractivity contribution is 0.188. The van der Waals surface area contributed by atoms with E-state index in [1.807, 2.05) is 41.9 Å². The predicted octanol–water partition coefficient (Wildman–Crippen LogP) is 3.15. The summed E-state index contributed by atoms with van der Waals surface area (Å²) in [7, 11) is 0.258. The first-order valence-electron chi connectivity index (χ1n) is 10.7. The highest BCUT2D eigenvalue weighted by Crippen LogP contribution is 2.29. The minimum absolute atomic E-state index is 0.217. The fourth-order valence-corrected chi connectivity index (χ4v) is 5.86. The van der Waals surface area contributed by atoms with Crippen LogP contribution in [0.3, 0.4) is 0 Å². The summed E-state index contributed by atoms with van der Waals surface area (Å²) in [5.41, 5.74) is 0.907. The van der Waals surface area contributed by atoms with Crippen LogP contribution < -0.4 is 4.74 Å². The standard InChI is InChI=1S/C22H33N3O4S/c1-24(14-16-29-20-9-4-3-5-10-20)18-19-17-23-22(25(19)13-8-15-28-2)30(26,27)21-11-6-7-12-21/h3-5,9-10,17,21H,6-8,11-16,18H2,1-2H3. The van der Waals surface area contributed by atoms with E-state index in [1.54, 1.807) is 13.3 Å². The molecule has 1 heterocycles. The zero-order valence-corrected chi connectivity index (χ0v) is 18.8. The first-order valence-corrected chi connectivity index (χ1v) is 12.2. The molecule has 2 aromatic rings. The molecule has 0 aliphatic heterocycles. The Morgan fingerprint density at radius 3 is 2.60 bits per heavy atom. The Bertz CT molecular complexity index is 877. The molecule has 0 saturated heterocycles. The van der Waals surface area contributed by atoms with Gasteiger partial charge in [-0.2, -0.15) is 0 Å². The average molecular weight is 436 g/mol. The Balaban J connectivity index is 1.67. The SMILES string of the molecule is COCCCn1c(CN(C)CCOc2ccccc2)cnc1S(=O)(=O)C1CCCC1. The summed E-state index contributed by atoms with van der Waals surface area (Å²) in [5.74, 6) is 0.848. The number of likely N-dealkylation sites (N-methyl/N-ethyl adjacent to an activating group) is 1. The molecule has 166 valence electrons. The van der Waals surface area contributed by atoms with E-state index >= 15 is 0 Å². The second-order valence-electron chi connectivity index (χ2n) is 7.88. The van der Waals surface area contributed by atoms with E-state index in [0.717, 1.165) is 50.1 Å². The molecule has 0 N–H and O–H groups in total. The molecule has 0 spiro atoms. The molecule has 8 heteroatoms. The largest absolute Gasteiger partial charge is 0.492 e. The van der Waals surface area contributed by atoms with Crippen molar-refractivity contribution in [1.82, 2.24) is 14.5 Å². The van der Waals surface area contributed by atoms with E-state index in [1.165, 1.54) is 0 Å². The molecular weight excluding hydrogens is 402 g/mol. The van der Waals surface area contributed by atoms with Gasteiger partial charge < -0.3 is 14.0 Å². The summed E-state index contributed by atoms with van der Waals surface area (Å²) in [4.78, 5) is 6.49. The number of benzene rings is 1. The highest BCUT2D eigenvalue weighted by Gasteiger charge is 2.34. The van der Waals surface area contributed by atoms with E-state index in [9.17, 15) is 8.42 Å². The molecule has 30 heavy (non-hydrogen) atoms. The second-order valence-corrected chi connectivity index (χ2v) is 10.0.